The summed E-state index contributed by atoms with van der Waals surface area (Å²) in [6.07, 6.45) is 3.81. The summed E-state index contributed by atoms with van der Waals surface area (Å²) >= 11 is 0. The summed E-state index contributed by atoms with van der Waals surface area (Å²) in [6, 6.07) is 0.400. The summed E-state index contributed by atoms with van der Waals surface area (Å²) < 4.78 is 11.4. The smallest absolute Gasteiger partial charge is 0.323 e. The number of aromatic nitrogens is 3. The average molecular weight is 293 g/mol. The second-order valence-corrected chi connectivity index (χ2v) is 5.48. The molecule has 3 rings (SSSR count). The van der Waals surface area contributed by atoms with Gasteiger partial charge in [-0.25, -0.2) is 0 Å². The van der Waals surface area contributed by atoms with Crippen molar-refractivity contribution >= 4 is 11.9 Å². The van der Waals surface area contributed by atoms with E-state index in [9.17, 15) is 0 Å². The fourth-order valence-corrected chi connectivity index (χ4v) is 2.76. The molecule has 2 saturated heterocycles. The minimum Gasteiger partial charge on any atom is -0.463 e. The molecule has 1 aromatic rings. The Hall–Kier alpha value is -1.63. The highest BCUT2D eigenvalue weighted by molar-refractivity contribution is 5.39. The van der Waals surface area contributed by atoms with Crippen molar-refractivity contribution in [1.82, 2.24) is 15.0 Å². The number of hydrogen-bond donors (Lipinski definition) is 1. The first kappa shape index (κ1) is 14.3. The van der Waals surface area contributed by atoms with Crippen molar-refractivity contribution in [2.75, 3.05) is 36.5 Å². The summed E-state index contributed by atoms with van der Waals surface area (Å²) in [5.41, 5.74) is 0. The van der Waals surface area contributed by atoms with Gasteiger partial charge in [0.15, 0.2) is 0 Å². The lowest BCUT2D eigenvalue weighted by Gasteiger charge is -2.32. The van der Waals surface area contributed by atoms with Crippen molar-refractivity contribution in [2.24, 2.45) is 0 Å². The van der Waals surface area contributed by atoms with E-state index >= 15 is 0 Å². The maximum atomic E-state index is 5.86. The molecule has 0 amide bonds. The van der Waals surface area contributed by atoms with E-state index in [2.05, 4.69) is 32.1 Å². The van der Waals surface area contributed by atoms with Gasteiger partial charge in [-0.3, -0.25) is 0 Å². The predicted molar refractivity (Wildman–Crippen MR) is 79.9 cm³/mol. The molecule has 2 bridgehead atoms. The number of rotatable bonds is 6. The summed E-state index contributed by atoms with van der Waals surface area (Å²) in [5.74, 6) is 1.26. The molecule has 7 heteroatoms. The average Bonchev–Trinajstić information content (AvgIpc) is 2.83. The number of hydrogen-bond acceptors (Lipinski definition) is 7. The number of fused-ring (bicyclic) bond motifs is 2. The third kappa shape index (κ3) is 3.34. The normalized spacial score (nSPS) is 24.2. The molecule has 0 aliphatic carbocycles. The first-order chi connectivity index (χ1) is 10.3. The Morgan fingerprint density at radius 3 is 2.62 bits per heavy atom. The van der Waals surface area contributed by atoms with Gasteiger partial charge in [-0.05, 0) is 26.2 Å². The highest BCUT2D eigenvalue weighted by Crippen LogP contribution is 2.28. The Labute approximate surface area is 125 Å². The molecule has 1 aromatic heterocycles. The molecule has 116 valence electrons. The van der Waals surface area contributed by atoms with Crippen molar-refractivity contribution in [3.8, 4) is 6.01 Å². The molecule has 0 saturated carbocycles. The summed E-state index contributed by atoms with van der Waals surface area (Å²) in [4.78, 5) is 15.5. The molecule has 2 fully saturated rings. The molecular formula is C14H23N5O2. The first-order valence-electron chi connectivity index (χ1n) is 7.81. The Morgan fingerprint density at radius 1 is 1.19 bits per heavy atom. The fourth-order valence-electron chi connectivity index (χ4n) is 2.76. The van der Waals surface area contributed by atoms with Gasteiger partial charge in [-0.2, -0.15) is 15.0 Å². The second-order valence-electron chi connectivity index (χ2n) is 5.48. The third-order valence-electron chi connectivity index (χ3n) is 3.70. The molecule has 21 heavy (non-hydrogen) atoms. The maximum Gasteiger partial charge on any atom is 0.323 e. The Balaban J connectivity index is 1.80. The zero-order chi connectivity index (χ0) is 14.7. The molecule has 0 radical (unpaired) electrons. The van der Waals surface area contributed by atoms with E-state index < -0.39 is 0 Å². The van der Waals surface area contributed by atoms with Crippen LogP contribution >= 0.6 is 0 Å². The van der Waals surface area contributed by atoms with Crippen LogP contribution in [0.15, 0.2) is 0 Å². The number of nitrogens with zero attached hydrogens (tertiary/aromatic N) is 4. The van der Waals surface area contributed by atoms with Gasteiger partial charge in [0.25, 0.3) is 0 Å². The lowest BCUT2D eigenvalue weighted by Crippen LogP contribution is -2.43. The van der Waals surface area contributed by atoms with Crippen molar-refractivity contribution in [1.29, 1.82) is 0 Å². The molecule has 2 aliphatic heterocycles. The van der Waals surface area contributed by atoms with Crippen LogP contribution in [-0.4, -0.2) is 53.4 Å². The molecule has 0 aromatic carbocycles. The van der Waals surface area contributed by atoms with Crippen LogP contribution in [0, 0.1) is 0 Å². The van der Waals surface area contributed by atoms with E-state index in [0.717, 1.165) is 38.9 Å². The third-order valence-corrected chi connectivity index (χ3v) is 3.70. The van der Waals surface area contributed by atoms with Crippen LogP contribution in [0.2, 0.25) is 0 Å². The molecule has 2 atom stereocenters. The molecule has 7 nitrogen and oxygen atoms in total. The van der Waals surface area contributed by atoms with Crippen LogP contribution in [-0.2, 0) is 4.74 Å². The minimum absolute atomic E-state index is 0.308. The Morgan fingerprint density at radius 2 is 1.95 bits per heavy atom. The summed E-state index contributed by atoms with van der Waals surface area (Å²) in [6.45, 7) is 7.16. The van der Waals surface area contributed by atoms with Gasteiger partial charge < -0.3 is 19.7 Å². The van der Waals surface area contributed by atoms with Gasteiger partial charge in [-0.1, -0.05) is 6.92 Å². The van der Waals surface area contributed by atoms with Crippen molar-refractivity contribution < 1.29 is 9.47 Å². The predicted octanol–water partition coefficient (Wildman–Crippen LogP) is 1.46. The Bertz CT molecular complexity index is 472. The highest BCUT2D eigenvalue weighted by Gasteiger charge is 2.35. The first-order valence-corrected chi connectivity index (χ1v) is 7.81. The molecule has 1 N–H and O–H groups in total. The number of morpholine rings is 1. The molecule has 2 aliphatic rings. The monoisotopic (exact) mass is 293 g/mol. The lowest BCUT2D eigenvalue weighted by atomic mass is 10.2. The van der Waals surface area contributed by atoms with Crippen LogP contribution in [0.5, 0.6) is 6.01 Å². The molecule has 2 unspecified atom stereocenters. The van der Waals surface area contributed by atoms with Crippen molar-refractivity contribution in [2.45, 2.75) is 45.3 Å². The standard InChI is InChI=1S/C14H23N5O2/c1-3-7-20-14-17-12(15-4-2)16-13(18-14)19-8-10-5-6-11(9-19)21-10/h10-11H,3-9H2,1-2H3,(H,15,16,17,18). The second kappa shape index (κ2) is 6.43. The van der Waals surface area contributed by atoms with E-state index in [1.54, 1.807) is 0 Å². The summed E-state index contributed by atoms with van der Waals surface area (Å²) in [5, 5.41) is 3.14. The van der Waals surface area contributed by atoms with E-state index in [4.69, 9.17) is 9.47 Å². The Kier molecular flexibility index (Phi) is 4.38. The van der Waals surface area contributed by atoms with Crippen LogP contribution in [0.1, 0.15) is 33.1 Å². The van der Waals surface area contributed by atoms with Gasteiger partial charge in [0.2, 0.25) is 11.9 Å². The topological polar surface area (TPSA) is 72.4 Å². The maximum absolute atomic E-state index is 5.86. The molecular weight excluding hydrogens is 270 g/mol. The van der Waals surface area contributed by atoms with Crippen LogP contribution < -0.4 is 15.0 Å². The minimum atomic E-state index is 0.308. The van der Waals surface area contributed by atoms with Gasteiger partial charge in [0.05, 0.1) is 18.8 Å². The van der Waals surface area contributed by atoms with Gasteiger partial charge in [0.1, 0.15) is 0 Å². The van der Waals surface area contributed by atoms with E-state index in [1.807, 2.05) is 6.92 Å². The SMILES string of the molecule is CCCOc1nc(NCC)nc(N2CC3CCC(C2)O3)n1. The van der Waals surface area contributed by atoms with Crippen LogP contribution in [0.4, 0.5) is 11.9 Å². The number of ether oxygens (including phenoxy) is 2. The van der Waals surface area contributed by atoms with Crippen LogP contribution in [0.3, 0.4) is 0 Å². The van der Waals surface area contributed by atoms with E-state index in [-0.39, 0.29) is 0 Å². The fraction of sp³-hybridized carbons (Fsp3) is 0.786. The lowest BCUT2D eigenvalue weighted by molar-refractivity contribution is 0.0298. The highest BCUT2D eigenvalue weighted by atomic mass is 16.5. The van der Waals surface area contributed by atoms with Crippen LogP contribution in [0.25, 0.3) is 0 Å². The zero-order valence-electron chi connectivity index (χ0n) is 12.7. The zero-order valence-corrected chi connectivity index (χ0v) is 12.7. The molecule has 3 heterocycles. The quantitative estimate of drug-likeness (QED) is 0.851. The van der Waals surface area contributed by atoms with E-state index in [0.29, 0.717) is 36.7 Å². The number of anilines is 2. The number of nitrogens with one attached hydrogen (secondary N) is 1. The summed E-state index contributed by atoms with van der Waals surface area (Å²) in [7, 11) is 0. The van der Waals surface area contributed by atoms with Crippen molar-refractivity contribution in [3.05, 3.63) is 0 Å². The van der Waals surface area contributed by atoms with Gasteiger partial charge >= 0.3 is 6.01 Å². The van der Waals surface area contributed by atoms with E-state index in [1.165, 1.54) is 0 Å². The molecule has 0 spiro atoms. The van der Waals surface area contributed by atoms with Crippen molar-refractivity contribution in [3.63, 3.8) is 0 Å². The largest absolute Gasteiger partial charge is 0.463 e. The van der Waals surface area contributed by atoms with Gasteiger partial charge in [-0.15, -0.1) is 0 Å². The van der Waals surface area contributed by atoms with Gasteiger partial charge in [0, 0.05) is 19.6 Å².